The molecular weight excluding hydrogens is 421 g/mol. The average molecular weight is 452 g/mol. The minimum absolute atomic E-state index is 0.120. The summed E-state index contributed by atoms with van der Waals surface area (Å²) in [5.74, 6) is 2.70. The Morgan fingerprint density at radius 1 is 1.09 bits per heavy atom. The Kier molecular flexibility index (Phi) is 5.28. The van der Waals surface area contributed by atoms with Crippen molar-refractivity contribution in [1.82, 2.24) is 9.97 Å². The molecule has 4 bridgehead atoms. The normalized spacial score (nSPS) is 30.9. The molecule has 0 amide bonds. The van der Waals surface area contributed by atoms with Crippen LogP contribution in [-0.4, -0.2) is 41.4 Å². The van der Waals surface area contributed by atoms with E-state index >= 15 is 0 Å². The largest absolute Gasteiger partial charge is 0.508 e. The van der Waals surface area contributed by atoms with Crippen LogP contribution in [0.4, 0.5) is 16.2 Å². The first-order valence-electron chi connectivity index (χ1n) is 12.1. The van der Waals surface area contributed by atoms with Gasteiger partial charge in [0.15, 0.2) is 11.6 Å². The third-order valence-electron chi connectivity index (χ3n) is 8.15. The molecule has 2 aromatic rings. The highest BCUT2D eigenvalue weighted by atomic mass is 19.1. The number of anilines is 1. The summed E-state index contributed by atoms with van der Waals surface area (Å²) < 4.78 is 19.6. The number of rotatable bonds is 5. The Morgan fingerprint density at radius 2 is 1.79 bits per heavy atom. The zero-order chi connectivity index (χ0) is 22.4. The number of halogens is 1. The van der Waals surface area contributed by atoms with Crippen molar-refractivity contribution >= 4 is 11.8 Å². The van der Waals surface area contributed by atoms with Gasteiger partial charge in [0.2, 0.25) is 0 Å². The highest BCUT2D eigenvalue weighted by Crippen LogP contribution is 2.60. The fourth-order valence-corrected chi connectivity index (χ4v) is 7.08. The van der Waals surface area contributed by atoms with Crippen LogP contribution in [0.2, 0.25) is 0 Å². The standard InChI is InChI=1S/C25H30FN5O2/c26-21-15-27-24(29-23(21)31-3-5-33-6-4-31)30-28-14-19-10-20(1-2-22(19)32)25-11-16-7-17(12-25)9-18(8-16)13-25/h1-2,10,15-18,32H,3-9,11-14H2. The second-order valence-electron chi connectivity index (χ2n) is 10.4. The third kappa shape index (κ3) is 3.98. The van der Waals surface area contributed by atoms with E-state index in [-0.39, 0.29) is 29.5 Å². The summed E-state index contributed by atoms with van der Waals surface area (Å²) in [4.78, 5) is 10.1. The number of phenols is 1. The number of aromatic nitrogens is 2. The maximum Gasteiger partial charge on any atom is 0.270 e. The lowest BCUT2D eigenvalue weighted by molar-refractivity contribution is -0.00523. The molecule has 7 nitrogen and oxygen atoms in total. The fourth-order valence-electron chi connectivity index (χ4n) is 7.08. The van der Waals surface area contributed by atoms with E-state index in [0.717, 1.165) is 29.5 Å². The van der Waals surface area contributed by atoms with Gasteiger partial charge < -0.3 is 14.7 Å². The topological polar surface area (TPSA) is 83.2 Å². The summed E-state index contributed by atoms with van der Waals surface area (Å²) in [6.07, 6.45) is 9.18. The number of benzene rings is 1. The molecule has 1 saturated heterocycles. The molecule has 0 spiro atoms. The molecule has 1 aromatic carbocycles. The molecule has 7 rings (SSSR count). The lowest BCUT2D eigenvalue weighted by Gasteiger charge is -2.57. The molecule has 8 heteroatoms. The lowest BCUT2D eigenvalue weighted by atomic mass is 9.48. The molecule has 4 aliphatic carbocycles. The number of morpholine rings is 1. The van der Waals surface area contributed by atoms with E-state index in [0.29, 0.717) is 26.3 Å². The first kappa shape index (κ1) is 21.0. The van der Waals surface area contributed by atoms with Gasteiger partial charge in [0, 0.05) is 18.7 Å². The van der Waals surface area contributed by atoms with Crippen molar-refractivity contribution in [1.29, 1.82) is 0 Å². The Balaban J connectivity index is 1.20. The van der Waals surface area contributed by atoms with Crippen LogP contribution < -0.4 is 4.90 Å². The fraction of sp³-hybridized carbons (Fsp3) is 0.600. The molecule has 0 atom stereocenters. The highest BCUT2D eigenvalue weighted by Gasteiger charge is 2.51. The van der Waals surface area contributed by atoms with Gasteiger partial charge in [0.25, 0.3) is 5.95 Å². The Morgan fingerprint density at radius 3 is 2.48 bits per heavy atom. The van der Waals surface area contributed by atoms with Gasteiger partial charge in [-0.2, -0.15) is 10.1 Å². The molecule has 5 aliphatic rings. The molecule has 1 N–H and O–H groups in total. The maximum atomic E-state index is 14.2. The monoisotopic (exact) mass is 451 g/mol. The summed E-state index contributed by atoms with van der Waals surface area (Å²) >= 11 is 0. The highest BCUT2D eigenvalue weighted by molar-refractivity contribution is 5.43. The summed E-state index contributed by atoms with van der Waals surface area (Å²) in [5.41, 5.74) is 2.38. The van der Waals surface area contributed by atoms with Gasteiger partial charge in [-0.15, -0.1) is 5.11 Å². The summed E-state index contributed by atoms with van der Waals surface area (Å²) in [7, 11) is 0. The van der Waals surface area contributed by atoms with Gasteiger partial charge in [-0.05, 0) is 79.4 Å². The molecule has 5 fully saturated rings. The summed E-state index contributed by atoms with van der Waals surface area (Å²) in [6.45, 7) is 2.48. The predicted molar refractivity (Wildman–Crippen MR) is 121 cm³/mol. The molecule has 0 radical (unpaired) electrons. The minimum Gasteiger partial charge on any atom is -0.508 e. The van der Waals surface area contributed by atoms with Crippen LogP contribution in [0.15, 0.2) is 34.6 Å². The molecule has 1 aliphatic heterocycles. The molecule has 174 valence electrons. The van der Waals surface area contributed by atoms with Crippen LogP contribution in [0.3, 0.4) is 0 Å². The molecule has 4 saturated carbocycles. The van der Waals surface area contributed by atoms with Crippen LogP contribution in [0.1, 0.15) is 49.7 Å². The second-order valence-corrected chi connectivity index (χ2v) is 10.4. The van der Waals surface area contributed by atoms with Gasteiger partial charge in [-0.3, -0.25) is 0 Å². The van der Waals surface area contributed by atoms with Gasteiger partial charge in [0.1, 0.15) is 5.75 Å². The summed E-state index contributed by atoms with van der Waals surface area (Å²) in [6, 6.07) is 6.05. The smallest absolute Gasteiger partial charge is 0.270 e. The van der Waals surface area contributed by atoms with E-state index in [1.807, 2.05) is 11.0 Å². The Bertz CT molecular complexity index is 1030. The zero-order valence-electron chi connectivity index (χ0n) is 18.8. The number of azo groups is 1. The SMILES string of the molecule is Oc1ccc(C23CC4CC(CC(C4)C2)C3)cc1CN=Nc1ncc(F)c(N2CCOCC2)n1. The molecule has 1 aromatic heterocycles. The van der Waals surface area contributed by atoms with Crippen LogP contribution in [0, 0.1) is 23.6 Å². The number of aromatic hydroxyl groups is 1. The second kappa shape index (κ2) is 8.31. The van der Waals surface area contributed by atoms with Crippen molar-refractivity contribution in [2.75, 3.05) is 31.2 Å². The van der Waals surface area contributed by atoms with Gasteiger partial charge in [-0.1, -0.05) is 6.07 Å². The maximum absolute atomic E-state index is 14.2. The minimum atomic E-state index is -0.475. The first-order chi connectivity index (χ1) is 16.1. The zero-order valence-corrected chi connectivity index (χ0v) is 18.8. The molecule has 2 heterocycles. The van der Waals surface area contributed by atoms with Crippen LogP contribution >= 0.6 is 0 Å². The van der Waals surface area contributed by atoms with Crippen LogP contribution in [-0.2, 0) is 16.7 Å². The van der Waals surface area contributed by atoms with Gasteiger partial charge in [0.05, 0.1) is 26.0 Å². The van der Waals surface area contributed by atoms with Crippen molar-refractivity contribution in [2.24, 2.45) is 28.0 Å². The van der Waals surface area contributed by atoms with Gasteiger partial charge >= 0.3 is 0 Å². The van der Waals surface area contributed by atoms with E-state index in [2.05, 4.69) is 32.3 Å². The van der Waals surface area contributed by atoms with Gasteiger partial charge in [-0.25, -0.2) is 9.37 Å². The van der Waals surface area contributed by atoms with Crippen LogP contribution in [0.25, 0.3) is 0 Å². The van der Waals surface area contributed by atoms with E-state index in [4.69, 9.17) is 4.74 Å². The van der Waals surface area contributed by atoms with Crippen molar-refractivity contribution < 1.29 is 14.2 Å². The number of hydrogen-bond acceptors (Lipinski definition) is 7. The number of hydrogen-bond donors (Lipinski definition) is 1. The number of nitrogens with zero attached hydrogens (tertiary/aromatic N) is 5. The average Bonchev–Trinajstić information content (AvgIpc) is 2.81. The van der Waals surface area contributed by atoms with E-state index in [9.17, 15) is 9.50 Å². The molecular formula is C25H30FN5O2. The molecule has 33 heavy (non-hydrogen) atoms. The van der Waals surface area contributed by atoms with E-state index in [1.54, 1.807) is 0 Å². The van der Waals surface area contributed by atoms with Crippen molar-refractivity contribution in [3.05, 3.63) is 41.3 Å². The van der Waals surface area contributed by atoms with Crippen molar-refractivity contribution in [3.8, 4) is 5.75 Å². The quantitative estimate of drug-likeness (QED) is 0.653. The first-order valence-corrected chi connectivity index (χ1v) is 12.1. The summed E-state index contributed by atoms with van der Waals surface area (Å²) in [5, 5.41) is 18.8. The molecule has 0 unspecified atom stereocenters. The van der Waals surface area contributed by atoms with Crippen LogP contribution in [0.5, 0.6) is 5.75 Å². The predicted octanol–water partition coefficient (Wildman–Crippen LogP) is 4.91. The lowest BCUT2D eigenvalue weighted by Crippen LogP contribution is -2.48. The third-order valence-corrected chi connectivity index (χ3v) is 8.15. The van der Waals surface area contributed by atoms with E-state index in [1.165, 1.54) is 44.1 Å². The Hall–Kier alpha value is -2.61. The number of phenolic OH excluding ortho intramolecular Hbond substituents is 1. The number of ether oxygens (including phenoxy) is 1. The Labute approximate surface area is 193 Å². The van der Waals surface area contributed by atoms with Crippen molar-refractivity contribution in [2.45, 2.75) is 50.5 Å². The van der Waals surface area contributed by atoms with E-state index < -0.39 is 5.82 Å². The van der Waals surface area contributed by atoms with Crippen molar-refractivity contribution in [3.63, 3.8) is 0 Å².